The molecule has 0 N–H and O–H groups in total. The van der Waals surface area contributed by atoms with Crippen LogP contribution in [0.2, 0.25) is 0 Å². The van der Waals surface area contributed by atoms with Crippen molar-refractivity contribution in [1.29, 1.82) is 0 Å². The van der Waals surface area contributed by atoms with Crippen LogP contribution >= 0.6 is 0 Å². The van der Waals surface area contributed by atoms with E-state index in [1.165, 1.54) is 109 Å². The van der Waals surface area contributed by atoms with E-state index >= 15 is 0 Å². The quantitative estimate of drug-likeness (QED) is 0.0347. The molecule has 0 aliphatic heterocycles. The average molecular weight is 835 g/mol. The van der Waals surface area contributed by atoms with Gasteiger partial charge in [0, 0.05) is 19.4 Å². The van der Waals surface area contributed by atoms with Crippen LogP contribution in [0.1, 0.15) is 226 Å². The molecule has 0 saturated carbocycles. The Bertz CT molecular complexity index is 1130. The molecule has 0 saturated heterocycles. The largest absolute Gasteiger partial charge is 0.462 e. The SMILES string of the molecule is CC/C=C\C/C=C\C/C=C\C/C=C\CCC(=O)OC(COCCCCCCCC/C=C\C/C=C\C/C=C\CC)COC(=O)CCCCCCCCCCCCCCCCC. The Hall–Kier alpha value is -2.92. The minimum atomic E-state index is -0.582. The van der Waals surface area contributed by atoms with Gasteiger partial charge in [-0.1, -0.05) is 221 Å². The third-order valence-corrected chi connectivity index (χ3v) is 10.4. The lowest BCUT2D eigenvalue weighted by Gasteiger charge is -2.18. The predicted molar refractivity (Wildman–Crippen MR) is 260 cm³/mol. The second kappa shape index (κ2) is 50.4. The molecule has 0 aromatic carbocycles. The fraction of sp³-hybridized carbons (Fsp3) is 0.709. The van der Waals surface area contributed by atoms with Gasteiger partial charge in [-0.15, -0.1) is 0 Å². The van der Waals surface area contributed by atoms with Gasteiger partial charge >= 0.3 is 11.9 Å². The van der Waals surface area contributed by atoms with Gasteiger partial charge in [0.25, 0.3) is 0 Å². The Balaban J connectivity index is 4.36. The minimum absolute atomic E-state index is 0.0499. The van der Waals surface area contributed by atoms with Crippen molar-refractivity contribution in [3.05, 3.63) is 85.1 Å². The molecule has 0 fully saturated rings. The van der Waals surface area contributed by atoms with Crippen molar-refractivity contribution in [2.24, 2.45) is 0 Å². The molecule has 5 nitrogen and oxygen atoms in total. The van der Waals surface area contributed by atoms with E-state index in [9.17, 15) is 9.59 Å². The lowest BCUT2D eigenvalue weighted by atomic mass is 10.0. The highest BCUT2D eigenvalue weighted by Gasteiger charge is 2.17. The second-order valence-electron chi connectivity index (χ2n) is 16.3. The summed E-state index contributed by atoms with van der Waals surface area (Å²) >= 11 is 0. The minimum Gasteiger partial charge on any atom is -0.462 e. The fourth-order valence-corrected chi connectivity index (χ4v) is 6.77. The van der Waals surface area contributed by atoms with E-state index in [0.29, 0.717) is 25.9 Å². The Kier molecular flexibility index (Phi) is 48.0. The van der Waals surface area contributed by atoms with Crippen molar-refractivity contribution < 1.29 is 23.8 Å². The zero-order valence-electron chi connectivity index (χ0n) is 39.5. The maximum absolute atomic E-state index is 12.7. The van der Waals surface area contributed by atoms with Gasteiger partial charge in [-0.3, -0.25) is 9.59 Å². The van der Waals surface area contributed by atoms with Crippen LogP contribution in [0, 0.1) is 0 Å². The lowest BCUT2D eigenvalue weighted by molar-refractivity contribution is -0.162. The van der Waals surface area contributed by atoms with Crippen molar-refractivity contribution >= 4 is 11.9 Å². The number of allylic oxidation sites excluding steroid dienone is 14. The average Bonchev–Trinajstić information content (AvgIpc) is 3.25. The van der Waals surface area contributed by atoms with Crippen LogP contribution in [0.3, 0.4) is 0 Å². The molecule has 0 heterocycles. The van der Waals surface area contributed by atoms with Gasteiger partial charge in [0.15, 0.2) is 6.10 Å². The van der Waals surface area contributed by atoms with Crippen LogP contribution in [0.25, 0.3) is 0 Å². The molecule has 344 valence electrons. The van der Waals surface area contributed by atoms with Crippen LogP contribution in [0.5, 0.6) is 0 Å². The van der Waals surface area contributed by atoms with Crippen molar-refractivity contribution in [2.75, 3.05) is 19.8 Å². The molecule has 60 heavy (non-hydrogen) atoms. The van der Waals surface area contributed by atoms with Crippen molar-refractivity contribution in [1.82, 2.24) is 0 Å². The number of carbonyl (C=O) groups is 2. The molecule has 0 amide bonds. The van der Waals surface area contributed by atoms with Gasteiger partial charge in [-0.05, 0) is 77.0 Å². The van der Waals surface area contributed by atoms with Crippen molar-refractivity contribution in [2.45, 2.75) is 232 Å². The molecule has 0 aromatic rings. The first-order valence-corrected chi connectivity index (χ1v) is 25.1. The van der Waals surface area contributed by atoms with E-state index in [4.69, 9.17) is 14.2 Å². The summed E-state index contributed by atoms with van der Waals surface area (Å²) in [5.41, 5.74) is 0. The Morgan fingerprint density at radius 3 is 1.27 bits per heavy atom. The number of unbranched alkanes of at least 4 members (excludes halogenated alkanes) is 20. The summed E-state index contributed by atoms with van der Waals surface area (Å²) < 4.78 is 17.3. The summed E-state index contributed by atoms with van der Waals surface area (Å²) in [5, 5.41) is 0. The molecule has 1 unspecified atom stereocenters. The highest BCUT2D eigenvalue weighted by atomic mass is 16.6. The summed E-state index contributed by atoms with van der Waals surface area (Å²) in [6.07, 6.45) is 66.0. The molecule has 5 heteroatoms. The molecular formula is C55H94O5. The van der Waals surface area contributed by atoms with E-state index in [1.807, 2.05) is 6.08 Å². The second-order valence-corrected chi connectivity index (χ2v) is 16.3. The van der Waals surface area contributed by atoms with Crippen molar-refractivity contribution in [3.63, 3.8) is 0 Å². The molecule has 1 atom stereocenters. The van der Waals surface area contributed by atoms with Gasteiger partial charge in [0.05, 0.1) is 6.61 Å². The smallest absolute Gasteiger partial charge is 0.306 e. The Morgan fingerprint density at radius 1 is 0.383 bits per heavy atom. The summed E-state index contributed by atoms with van der Waals surface area (Å²) in [5.74, 6) is -0.496. The molecule has 0 aromatic heterocycles. The Morgan fingerprint density at radius 2 is 0.783 bits per heavy atom. The zero-order chi connectivity index (χ0) is 43.5. The third-order valence-electron chi connectivity index (χ3n) is 10.4. The number of esters is 2. The highest BCUT2D eigenvalue weighted by Crippen LogP contribution is 2.14. The zero-order valence-corrected chi connectivity index (χ0v) is 39.5. The lowest BCUT2D eigenvalue weighted by Crippen LogP contribution is -2.30. The third kappa shape index (κ3) is 47.8. The molecule has 0 radical (unpaired) electrons. The van der Waals surface area contributed by atoms with E-state index < -0.39 is 6.10 Å². The van der Waals surface area contributed by atoms with E-state index in [-0.39, 0.29) is 25.2 Å². The number of hydrogen-bond acceptors (Lipinski definition) is 5. The summed E-state index contributed by atoms with van der Waals surface area (Å²) in [4.78, 5) is 25.3. The first-order valence-electron chi connectivity index (χ1n) is 25.1. The van der Waals surface area contributed by atoms with Crippen LogP contribution in [0.15, 0.2) is 85.1 Å². The van der Waals surface area contributed by atoms with Gasteiger partial charge in [0.1, 0.15) is 6.61 Å². The van der Waals surface area contributed by atoms with Crippen molar-refractivity contribution in [3.8, 4) is 0 Å². The van der Waals surface area contributed by atoms with Crippen LogP contribution < -0.4 is 0 Å². The molecule has 0 spiro atoms. The van der Waals surface area contributed by atoms with Crippen LogP contribution in [-0.4, -0.2) is 37.9 Å². The fourth-order valence-electron chi connectivity index (χ4n) is 6.77. The predicted octanol–water partition coefficient (Wildman–Crippen LogP) is 16.9. The van der Waals surface area contributed by atoms with E-state index in [2.05, 4.69) is 99.8 Å². The first kappa shape index (κ1) is 57.1. The van der Waals surface area contributed by atoms with Crippen LogP contribution in [-0.2, 0) is 23.8 Å². The van der Waals surface area contributed by atoms with E-state index in [1.54, 1.807) is 0 Å². The molecule has 0 bridgehead atoms. The molecular weight excluding hydrogens is 741 g/mol. The van der Waals surface area contributed by atoms with Crippen LogP contribution in [0.4, 0.5) is 0 Å². The maximum Gasteiger partial charge on any atom is 0.306 e. The van der Waals surface area contributed by atoms with Gasteiger partial charge in [-0.25, -0.2) is 0 Å². The topological polar surface area (TPSA) is 61.8 Å². The summed E-state index contributed by atoms with van der Waals surface area (Å²) in [7, 11) is 0. The number of ether oxygens (including phenoxy) is 3. The van der Waals surface area contributed by atoms with E-state index in [0.717, 1.165) is 77.0 Å². The first-order chi connectivity index (χ1) is 29.6. The highest BCUT2D eigenvalue weighted by molar-refractivity contribution is 5.70. The molecule has 0 aliphatic rings. The molecule has 0 rings (SSSR count). The number of hydrogen-bond donors (Lipinski definition) is 0. The molecule has 0 aliphatic carbocycles. The number of rotatable bonds is 45. The maximum atomic E-state index is 12.7. The standard InChI is InChI=1S/C55H94O5/c1-4-7-10-13-16-19-22-25-27-29-32-35-38-41-44-47-50-58-51-53(60-55(57)49-46-43-40-37-34-30-24-21-18-15-12-9-6-3)52-59-54(56)48-45-42-39-36-33-31-28-26-23-20-17-14-11-8-5-2/h7,9-10,12,16,18-19,21,25,27,30,34,40,43,53H,4-6,8,11,13-15,17,20,22-24,26,28-29,31-33,35-39,41-42,44-52H2,1-3H3/b10-7-,12-9-,19-16-,21-18-,27-25-,34-30-,43-40-. The summed E-state index contributed by atoms with van der Waals surface area (Å²) in [6, 6.07) is 0. The monoisotopic (exact) mass is 835 g/mol. The van der Waals surface area contributed by atoms with Gasteiger partial charge in [0.2, 0.25) is 0 Å². The summed E-state index contributed by atoms with van der Waals surface area (Å²) in [6.45, 7) is 7.50. The Labute approximate surface area is 371 Å². The van der Waals surface area contributed by atoms with Gasteiger partial charge < -0.3 is 14.2 Å². The normalized spacial score (nSPS) is 12.9. The van der Waals surface area contributed by atoms with Gasteiger partial charge in [-0.2, -0.15) is 0 Å². The number of carbonyl (C=O) groups excluding carboxylic acids is 2.